The summed E-state index contributed by atoms with van der Waals surface area (Å²) in [5, 5.41) is 15.3. The first-order valence-electron chi connectivity index (χ1n) is 9.80. The van der Waals surface area contributed by atoms with Crippen molar-refractivity contribution in [3.8, 4) is 5.75 Å². The van der Waals surface area contributed by atoms with Crippen LogP contribution in [0.15, 0.2) is 70.4 Å². The second-order valence-electron chi connectivity index (χ2n) is 7.21. The van der Waals surface area contributed by atoms with Crippen molar-refractivity contribution in [1.82, 2.24) is 9.58 Å². The van der Waals surface area contributed by atoms with Gasteiger partial charge in [0.1, 0.15) is 12.4 Å². The Morgan fingerprint density at radius 3 is 2.81 bits per heavy atom. The first kappa shape index (κ1) is 19.3. The van der Waals surface area contributed by atoms with Crippen LogP contribution < -0.4 is 4.74 Å². The molecule has 5 rings (SSSR count). The zero-order chi connectivity index (χ0) is 21.4. The lowest BCUT2D eigenvalue weighted by Gasteiger charge is -2.20. The predicted octanol–water partition coefficient (Wildman–Crippen LogP) is 4.28. The molecule has 0 fully saturated rings. The smallest absolute Gasteiger partial charge is 0.283 e. The number of hydrogen-bond acceptors (Lipinski definition) is 5. The number of amides is 1. The van der Waals surface area contributed by atoms with Gasteiger partial charge in [-0.05, 0) is 43.0 Å². The Morgan fingerprint density at radius 2 is 1.97 bits per heavy atom. The standard InChI is InChI=1S/C23H19N5O2S/c1-15-6-8-17(9-7-15)30-11-10-27-13-16(18-4-2-3-5-20(18)27)12-19-21(24)28-23(26-22(19)29)31-14-25-28/h2-9,12-14,24H,10-11H2,1H3/b19-12-,24-21?. The van der Waals surface area contributed by atoms with Crippen LogP contribution in [0.1, 0.15) is 11.1 Å². The quantitative estimate of drug-likeness (QED) is 0.614. The summed E-state index contributed by atoms with van der Waals surface area (Å²) in [7, 11) is 0. The Bertz CT molecular complexity index is 1290. The molecule has 3 heterocycles. The third kappa shape index (κ3) is 3.66. The second-order valence-corrected chi connectivity index (χ2v) is 8.02. The average Bonchev–Trinajstić information content (AvgIpc) is 3.38. The normalized spacial score (nSPS) is 16.9. The molecule has 0 spiro atoms. The van der Waals surface area contributed by atoms with E-state index in [0.29, 0.717) is 18.3 Å². The number of aryl methyl sites for hydroxylation is 1. The van der Waals surface area contributed by atoms with E-state index in [1.54, 1.807) is 11.6 Å². The molecule has 3 aromatic rings. The van der Waals surface area contributed by atoms with Gasteiger partial charge in [-0.15, -0.1) is 0 Å². The number of nitrogens with zero attached hydrogens (tertiary/aromatic N) is 4. The van der Waals surface area contributed by atoms with Crippen LogP contribution in [0.2, 0.25) is 0 Å². The van der Waals surface area contributed by atoms with Gasteiger partial charge in [-0.3, -0.25) is 10.2 Å². The fourth-order valence-electron chi connectivity index (χ4n) is 3.56. The maximum Gasteiger partial charge on any atom is 0.283 e. The van der Waals surface area contributed by atoms with Gasteiger partial charge in [0.2, 0.25) is 0 Å². The summed E-state index contributed by atoms with van der Waals surface area (Å²) in [6, 6.07) is 16.0. The van der Waals surface area contributed by atoms with E-state index in [4.69, 9.17) is 10.1 Å². The van der Waals surface area contributed by atoms with E-state index in [1.807, 2.05) is 61.7 Å². The molecule has 0 unspecified atom stereocenters. The molecule has 1 amide bonds. The zero-order valence-electron chi connectivity index (χ0n) is 16.8. The summed E-state index contributed by atoms with van der Waals surface area (Å²) in [4.78, 5) is 16.6. The second kappa shape index (κ2) is 7.88. The summed E-state index contributed by atoms with van der Waals surface area (Å²) < 4.78 is 7.99. The van der Waals surface area contributed by atoms with Gasteiger partial charge in [0.25, 0.3) is 5.91 Å². The van der Waals surface area contributed by atoms with Gasteiger partial charge in [0.05, 0.1) is 17.7 Å². The molecule has 7 nitrogen and oxygen atoms in total. The molecule has 2 aromatic carbocycles. The Kier molecular flexibility index (Phi) is 4.91. The molecule has 1 N–H and O–H groups in total. The first-order valence-corrected chi connectivity index (χ1v) is 10.7. The Labute approximate surface area is 183 Å². The SMILES string of the molecule is Cc1ccc(OCCn2cc(/C=C3/C(=N)N4N=CSC4=NC3=O)c3ccccc32)cc1. The zero-order valence-corrected chi connectivity index (χ0v) is 17.6. The van der Waals surface area contributed by atoms with Gasteiger partial charge >= 0.3 is 0 Å². The number of nitrogens with one attached hydrogen (secondary N) is 1. The highest BCUT2D eigenvalue weighted by Gasteiger charge is 2.32. The Hall–Kier alpha value is -3.65. The van der Waals surface area contributed by atoms with Crippen LogP contribution in [0.25, 0.3) is 17.0 Å². The number of fused-ring (bicyclic) bond motifs is 2. The molecule has 8 heteroatoms. The Balaban J connectivity index is 1.43. The third-order valence-corrected chi connectivity index (χ3v) is 5.81. The van der Waals surface area contributed by atoms with Crippen molar-refractivity contribution in [2.45, 2.75) is 13.5 Å². The number of carbonyl (C=O) groups excluding carboxylic acids is 1. The summed E-state index contributed by atoms with van der Waals surface area (Å²) in [6.07, 6.45) is 3.71. The predicted molar refractivity (Wildman–Crippen MR) is 125 cm³/mol. The molecular formula is C23H19N5O2S. The molecular weight excluding hydrogens is 410 g/mol. The molecule has 0 radical (unpaired) electrons. The lowest BCUT2D eigenvalue weighted by molar-refractivity contribution is -0.114. The van der Waals surface area contributed by atoms with Gasteiger partial charge in [-0.2, -0.15) is 15.1 Å². The molecule has 0 aliphatic carbocycles. The molecule has 1 aromatic heterocycles. The van der Waals surface area contributed by atoms with Crippen LogP contribution in [0.4, 0.5) is 0 Å². The molecule has 154 valence electrons. The number of amidine groups is 2. The summed E-state index contributed by atoms with van der Waals surface area (Å²) in [5.74, 6) is 0.452. The number of aliphatic imine (C=N–C) groups is 1. The molecule has 0 saturated heterocycles. The topological polar surface area (TPSA) is 83.0 Å². The van der Waals surface area contributed by atoms with Gasteiger partial charge in [-0.25, -0.2) is 0 Å². The minimum Gasteiger partial charge on any atom is -0.492 e. The van der Waals surface area contributed by atoms with Crippen LogP contribution in [0.5, 0.6) is 5.75 Å². The van der Waals surface area contributed by atoms with Crippen LogP contribution in [-0.4, -0.2) is 38.6 Å². The number of ether oxygens (including phenoxy) is 1. The Morgan fingerprint density at radius 1 is 1.16 bits per heavy atom. The van der Waals surface area contributed by atoms with Crippen molar-refractivity contribution < 1.29 is 9.53 Å². The number of aromatic nitrogens is 1. The highest BCUT2D eigenvalue weighted by molar-refractivity contribution is 8.25. The van der Waals surface area contributed by atoms with E-state index in [2.05, 4.69) is 14.7 Å². The number of hydrazone groups is 1. The maximum atomic E-state index is 12.5. The van der Waals surface area contributed by atoms with Crippen molar-refractivity contribution in [2.24, 2.45) is 10.1 Å². The lowest BCUT2D eigenvalue weighted by Crippen LogP contribution is -2.35. The van der Waals surface area contributed by atoms with Crippen molar-refractivity contribution in [3.63, 3.8) is 0 Å². The van der Waals surface area contributed by atoms with Crippen molar-refractivity contribution in [2.75, 3.05) is 6.61 Å². The summed E-state index contributed by atoms with van der Waals surface area (Å²) >= 11 is 1.23. The number of hydrogen-bond donors (Lipinski definition) is 1. The van der Waals surface area contributed by atoms with Crippen molar-refractivity contribution >= 4 is 51.2 Å². The van der Waals surface area contributed by atoms with Crippen LogP contribution in [0, 0.1) is 12.3 Å². The van der Waals surface area contributed by atoms with E-state index in [1.165, 1.54) is 22.3 Å². The van der Waals surface area contributed by atoms with Gasteiger partial charge < -0.3 is 9.30 Å². The first-order chi connectivity index (χ1) is 15.1. The molecule has 31 heavy (non-hydrogen) atoms. The molecule has 0 atom stereocenters. The number of benzene rings is 2. The lowest BCUT2D eigenvalue weighted by atomic mass is 10.1. The minimum atomic E-state index is -0.422. The van der Waals surface area contributed by atoms with E-state index in [9.17, 15) is 4.79 Å². The third-order valence-electron chi connectivity index (χ3n) is 5.14. The van der Waals surface area contributed by atoms with Crippen LogP contribution in [-0.2, 0) is 11.3 Å². The average molecular weight is 430 g/mol. The van der Waals surface area contributed by atoms with Gasteiger partial charge in [-0.1, -0.05) is 35.9 Å². The number of rotatable bonds is 5. The monoisotopic (exact) mass is 429 g/mol. The highest BCUT2D eigenvalue weighted by atomic mass is 32.2. The van der Waals surface area contributed by atoms with Crippen LogP contribution in [0.3, 0.4) is 0 Å². The van der Waals surface area contributed by atoms with E-state index in [-0.39, 0.29) is 11.4 Å². The maximum absolute atomic E-state index is 12.5. The van der Waals surface area contributed by atoms with Crippen molar-refractivity contribution in [1.29, 1.82) is 5.41 Å². The number of carbonyl (C=O) groups is 1. The number of thioether (sulfide) groups is 1. The molecule has 0 saturated carbocycles. The van der Waals surface area contributed by atoms with E-state index < -0.39 is 5.91 Å². The summed E-state index contributed by atoms with van der Waals surface area (Å²) in [5.41, 5.74) is 4.88. The number of para-hydroxylation sites is 1. The minimum absolute atomic E-state index is 0.0378. The molecule has 0 bridgehead atoms. The van der Waals surface area contributed by atoms with Gasteiger partial charge in [0, 0.05) is 22.7 Å². The van der Waals surface area contributed by atoms with E-state index >= 15 is 0 Å². The van der Waals surface area contributed by atoms with Gasteiger partial charge in [0.15, 0.2) is 11.0 Å². The molecule has 2 aliphatic heterocycles. The summed E-state index contributed by atoms with van der Waals surface area (Å²) in [6.45, 7) is 3.21. The van der Waals surface area contributed by atoms with Crippen LogP contribution >= 0.6 is 11.8 Å². The van der Waals surface area contributed by atoms with Crippen molar-refractivity contribution in [3.05, 3.63) is 71.4 Å². The fraction of sp³-hybridized carbons (Fsp3) is 0.130. The van der Waals surface area contributed by atoms with E-state index in [0.717, 1.165) is 22.2 Å². The molecule has 2 aliphatic rings. The highest BCUT2D eigenvalue weighted by Crippen LogP contribution is 2.28. The largest absolute Gasteiger partial charge is 0.492 e. The fourth-order valence-corrected chi connectivity index (χ4v) is 4.17.